The fourth-order valence-electron chi connectivity index (χ4n) is 2.54. The number of hydrogen-bond acceptors (Lipinski definition) is 4. The topological polar surface area (TPSA) is 53.4 Å². The molecule has 20 heavy (non-hydrogen) atoms. The highest BCUT2D eigenvalue weighted by atomic mass is 32.1. The molecule has 1 N–H and O–H groups in total. The smallest absolute Gasteiger partial charge is 0.256 e. The number of thiophene rings is 1. The second-order valence-electron chi connectivity index (χ2n) is 5.02. The molecule has 2 aromatic rings. The predicted octanol–water partition coefficient (Wildman–Crippen LogP) is 1.95. The lowest BCUT2D eigenvalue weighted by Crippen LogP contribution is -2.32. The fourth-order valence-corrected chi connectivity index (χ4v) is 3.36. The Morgan fingerprint density at radius 3 is 3.00 bits per heavy atom. The van der Waals surface area contributed by atoms with Gasteiger partial charge in [-0.05, 0) is 30.0 Å². The van der Waals surface area contributed by atoms with Gasteiger partial charge in [-0.3, -0.25) is 9.78 Å². The van der Waals surface area contributed by atoms with Crippen LogP contribution < -0.4 is 0 Å². The van der Waals surface area contributed by atoms with E-state index >= 15 is 0 Å². The molecule has 5 heteroatoms. The summed E-state index contributed by atoms with van der Waals surface area (Å²) in [4.78, 5) is 19.5. The summed E-state index contributed by atoms with van der Waals surface area (Å²) in [6, 6.07) is 7.68. The molecule has 1 atom stereocenters. The van der Waals surface area contributed by atoms with Crippen LogP contribution in [0, 0.1) is 5.92 Å². The number of aromatic nitrogens is 1. The molecular formula is C15H16N2O2S. The molecular weight excluding hydrogens is 272 g/mol. The Hall–Kier alpha value is -1.72. The van der Waals surface area contributed by atoms with E-state index in [2.05, 4.69) is 11.1 Å². The van der Waals surface area contributed by atoms with E-state index in [4.69, 9.17) is 0 Å². The van der Waals surface area contributed by atoms with E-state index in [0.29, 0.717) is 18.7 Å². The minimum atomic E-state index is 0.0257. The molecule has 0 radical (unpaired) electrons. The van der Waals surface area contributed by atoms with Crippen LogP contribution in [0.25, 0.3) is 0 Å². The second kappa shape index (κ2) is 5.73. The first kappa shape index (κ1) is 13.3. The maximum absolute atomic E-state index is 12.3. The highest BCUT2D eigenvalue weighted by molar-refractivity contribution is 7.09. The van der Waals surface area contributed by atoms with E-state index in [1.165, 1.54) is 4.88 Å². The van der Waals surface area contributed by atoms with E-state index in [0.717, 1.165) is 12.1 Å². The van der Waals surface area contributed by atoms with E-state index in [-0.39, 0.29) is 18.4 Å². The largest absolute Gasteiger partial charge is 0.396 e. The first-order valence-electron chi connectivity index (χ1n) is 6.64. The molecule has 104 valence electrons. The molecule has 0 bridgehead atoms. The second-order valence-corrected chi connectivity index (χ2v) is 6.05. The van der Waals surface area contributed by atoms with Crippen molar-refractivity contribution in [3.63, 3.8) is 0 Å². The maximum atomic E-state index is 12.3. The number of rotatable bonds is 5. The van der Waals surface area contributed by atoms with Crippen molar-refractivity contribution >= 4 is 17.2 Å². The Kier molecular flexibility index (Phi) is 3.80. The summed E-state index contributed by atoms with van der Waals surface area (Å²) in [5.41, 5.74) is 1.53. The summed E-state index contributed by atoms with van der Waals surface area (Å²) in [6.45, 7) is 1.21. The molecule has 0 aromatic carbocycles. The molecule has 0 aliphatic carbocycles. The van der Waals surface area contributed by atoms with Gasteiger partial charge in [0.2, 0.25) is 0 Å². The third-order valence-corrected chi connectivity index (χ3v) is 4.45. The Morgan fingerprint density at radius 1 is 1.40 bits per heavy atom. The van der Waals surface area contributed by atoms with Crippen molar-refractivity contribution in [1.82, 2.24) is 9.88 Å². The zero-order valence-corrected chi connectivity index (χ0v) is 11.8. The minimum Gasteiger partial charge on any atom is -0.396 e. The number of amides is 1. The van der Waals surface area contributed by atoms with Crippen LogP contribution in [0.15, 0.2) is 35.8 Å². The SMILES string of the molecule is O=C1c2cccnc2CN1C[C@@H](CO)Cc1cccs1. The maximum Gasteiger partial charge on any atom is 0.256 e. The number of hydrogen-bond donors (Lipinski definition) is 1. The highest BCUT2D eigenvalue weighted by Crippen LogP contribution is 2.23. The van der Waals surface area contributed by atoms with Crippen LogP contribution in [0.4, 0.5) is 0 Å². The molecule has 1 aliphatic heterocycles. The molecule has 0 spiro atoms. The first-order chi connectivity index (χ1) is 9.78. The van der Waals surface area contributed by atoms with Gasteiger partial charge in [-0.25, -0.2) is 0 Å². The van der Waals surface area contributed by atoms with Crippen LogP contribution in [0.1, 0.15) is 20.9 Å². The van der Waals surface area contributed by atoms with Crippen molar-refractivity contribution < 1.29 is 9.90 Å². The molecule has 2 aromatic heterocycles. The zero-order chi connectivity index (χ0) is 13.9. The quantitative estimate of drug-likeness (QED) is 0.915. The number of aliphatic hydroxyl groups excluding tert-OH is 1. The molecule has 1 aliphatic rings. The van der Waals surface area contributed by atoms with Crippen LogP contribution in [0.5, 0.6) is 0 Å². The summed E-state index contributed by atoms with van der Waals surface area (Å²) in [5.74, 6) is 0.102. The van der Waals surface area contributed by atoms with E-state index in [9.17, 15) is 9.90 Å². The molecule has 0 saturated heterocycles. The minimum absolute atomic E-state index is 0.0257. The van der Waals surface area contributed by atoms with Crippen molar-refractivity contribution in [2.45, 2.75) is 13.0 Å². The number of carbonyl (C=O) groups excluding carboxylic acids is 1. The zero-order valence-electron chi connectivity index (χ0n) is 11.0. The normalized spacial score (nSPS) is 15.4. The summed E-state index contributed by atoms with van der Waals surface area (Å²) in [5, 5.41) is 11.6. The Labute approximate surface area is 121 Å². The van der Waals surface area contributed by atoms with Gasteiger partial charge in [0.1, 0.15) is 0 Å². The van der Waals surface area contributed by atoms with Crippen LogP contribution in [-0.4, -0.2) is 34.0 Å². The van der Waals surface area contributed by atoms with Crippen molar-refractivity contribution in [3.8, 4) is 0 Å². The molecule has 3 rings (SSSR count). The molecule has 0 saturated carbocycles. The van der Waals surface area contributed by atoms with Crippen LogP contribution in [0.3, 0.4) is 0 Å². The average molecular weight is 288 g/mol. The van der Waals surface area contributed by atoms with Gasteiger partial charge in [0, 0.05) is 30.1 Å². The molecule has 4 nitrogen and oxygen atoms in total. The van der Waals surface area contributed by atoms with Crippen molar-refractivity contribution in [3.05, 3.63) is 52.0 Å². The lowest BCUT2D eigenvalue weighted by molar-refractivity contribution is 0.0724. The predicted molar refractivity (Wildman–Crippen MR) is 77.6 cm³/mol. The third kappa shape index (κ3) is 2.59. The lowest BCUT2D eigenvalue weighted by Gasteiger charge is -2.21. The lowest BCUT2D eigenvalue weighted by atomic mass is 10.1. The van der Waals surface area contributed by atoms with Crippen molar-refractivity contribution in [2.75, 3.05) is 13.2 Å². The Balaban J connectivity index is 1.67. The molecule has 1 amide bonds. The van der Waals surface area contributed by atoms with Gasteiger partial charge < -0.3 is 10.0 Å². The summed E-state index contributed by atoms with van der Waals surface area (Å²) < 4.78 is 0. The average Bonchev–Trinajstić information content (AvgIpc) is 3.08. The summed E-state index contributed by atoms with van der Waals surface area (Å²) in [7, 11) is 0. The van der Waals surface area contributed by atoms with E-state index < -0.39 is 0 Å². The molecule has 0 fully saturated rings. The van der Waals surface area contributed by atoms with Crippen LogP contribution >= 0.6 is 11.3 Å². The Bertz CT molecular complexity index is 598. The van der Waals surface area contributed by atoms with Crippen molar-refractivity contribution in [1.29, 1.82) is 0 Å². The summed E-state index contributed by atoms with van der Waals surface area (Å²) in [6.07, 6.45) is 2.52. The van der Waals surface area contributed by atoms with Crippen LogP contribution in [-0.2, 0) is 13.0 Å². The van der Waals surface area contributed by atoms with Gasteiger partial charge in [-0.1, -0.05) is 6.07 Å². The molecule has 3 heterocycles. The van der Waals surface area contributed by atoms with Gasteiger partial charge >= 0.3 is 0 Å². The van der Waals surface area contributed by atoms with Gasteiger partial charge in [-0.15, -0.1) is 11.3 Å². The third-order valence-electron chi connectivity index (χ3n) is 3.56. The van der Waals surface area contributed by atoms with Crippen molar-refractivity contribution in [2.24, 2.45) is 5.92 Å². The van der Waals surface area contributed by atoms with Gasteiger partial charge in [0.05, 0.1) is 17.8 Å². The number of carbonyl (C=O) groups is 1. The standard InChI is InChI=1S/C15H16N2O2S/c18-10-11(7-12-3-2-6-20-12)8-17-9-14-13(15(17)19)4-1-5-16-14/h1-6,11,18H,7-10H2/t11-/m0/s1. The molecule has 0 unspecified atom stereocenters. The number of nitrogens with zero attached hydrogens (tertiary/aromatic N) is 2. The van der Waals surface area contributed by atoms with E-state index in [1.54, 1.807) is 28.5 Å². The summed E-state index contributed by atoms with van der Waals surface area (Å²) >= 11 is 1.69. The van der Waals surface area contributed by atoms with Crippen LogP contribution in [0.2, 0.25) is 0 Å². The number of pyridine rings is 1. The number of aliphatic hydroxyl groups is 1. The number of fused-ring (bicyclic) bond motifs is 1. The van der Waals surface area contributed by atoms with Gasteiger partial charge in [-0.2, -0.15) is 0 Å². The first-order valence-corrected chi connectivity index (χ1v) is 7.52. The fraction of sp³-hybridized carbons (Fsp3) is 0.333. The van der Waals surface area contributed by atoms with Gasteiger partial charge in [0.25, 0.3) is 5.91 Å². The van der Waals surface area contributed by atoms with E-state index in [1.807, 2.05) is 17.5 Å². The highest BCUT2D eigenvalue weighted by Gasteiger charge is 2.29. The monoisotopic (exact) mass is 288 g/mol. The van der Waals surface area contributed by atoms with Gasteiger partial charge in [0.15, 0.2) is 0 Å². The Morgan fingerprint density at radius 2 is 2.30 bits per heavy atom.